The van der Waals surface area contributed by atoms with Crippen LogP contribution in [0.5, 0.6) is 0 Å². The molecule has 0 aromatic carbocycles. The molecule has 0 saturated heterocycles. The maximum atomic E-state index is 10.7. The Morgan fingerprint density at radius 2 is 2.00 bits per heavy atom. The Morgan fingerprint density at radius 1 is 1.36 bits per heavy atom. The minimum Gasteiger partial charge on any atom is -0.457 e. The number of carbonyl (C=O) groups is 1. The summed E-state index contributed by atoms with van der Waals surface area (Å²) < 4.78 is 10.5. The van der Waals surface area contributed by atoms with Gasteiger partial charge < -0.3 is 9.47 Å². The van der Waals surface area contributed by atoms with Gasteiger partial charge in [-0.05, 0) is 26.7 Å². The fourth-order valence-corrected chi connectivity index (χ4v) is 1.43. The second-order valence-corrected chi connectivity index (χ2v) is 4.60. The molecule has 84 valence electrons. The minimum atomic E-state index is -0.514. The van der Waals surface area contributed by atoms with Crippen molar-refractivity contribution in [1.29, 1.82) is 0 Å². The van der Waals surface area contributed by atoms with E-state index in [4.69, 9.17) is 9.47 Å². The molecule has 0 aliphatic heterocycles. The summed E-state index contributed by atoms with van der Waals surface area (Å²) in [6.45, 7) is 6.27. The molecule has 3 nitrogen and oxygen atoms in total. The van der Waals surface area contributed by atoms with Gasteiger partial charge in [-0.2, -0.15) is 0 Å². The summed E-state index contributed by atoms with van der Waals surface area (Å²) in [4.78, 5) is 10.7. The molecule has 0 saturated carbocycles. The van der Waals surface area contributed by atoms with Crippen LogP contribution in [0.3, 0.4) is 0 Å². The molecule has 0 radical (unpaired) electrons. The Morgan fingerprint density at radius 3 is 2.50 bits per heavy atom. The van der Waals surface area contributed by atoms with Gasteiger partial charge in [0.1, 0.15) is 5.60 Å². The normalized spacial score (nSPS) is 11.4. The maximum Gasteiger partial charge on any atom is 0.303 e. The van der Waals surface area contributed by atoms with Gasteiger partial charge in [-0.25, -0.2) is 0 Å². The Hall–Kier alpha value is -0.0900. The number of hydrogen-bond acceptors (Lipinski definition) is 3. The molecule has 0 fully saturated rings. The quantitative estimate of drug-likeness (QED) is 0.404. The van der Waals surface area contributed by atoms with Gasteiger partial charge >= 0.3 is 5.97 Å². The predicted octanol–water partition coefficient (Wildman–Crippen LogP) is 2.52. The number of alkyl halides is 1. The highest BCUT2D eigenvalue weighted by Crippen LogP contribution is 2.10. The van der Waals surface area contributed by atoms with Crippen molar-refractivity contribution in [3.05, 3.63) is 0 Å². The van der Waals surface area contributed by atoms with E-state index in [0.29, 0.717) is 6.61 Å². The lowest BCUT2D eigenvalue weighted by Crippen LogP contribution is -2.32. The van der Waals surface area contributed by atoms with Crippen LogP contribution in [0.4, 0.5) is 0 Å². The third kappa shape index (κ3) is 8.51. The van der Waals surface area contributed by atoms with E-state index < -0.39 is 5.60 Å². The first-order valence-electron chi connectivity index (χ1n) is 4.81. The van der Waals surface area contributed by atoms with Gasteiger partial charge in [0, 0.05) is 18.9 Å². The minimum absolute atomic E-state index is 0.265. The van der Waals surface area contributed by atoms with Gasteiger partial charge in [0.15, 0.2) is 0 Å². The van der Waals surface area contributed by atoms with Crippen LogP contribution in [0.2, 0.25) is 0 Å². The predicted molar refractivity (Wildman–Crippen MR) is 59.7 cm³/mol. The van der Waals surface area contributed by atoms with Crippen LogP contribution in [0.15, 0.2) is 0 Å². The molecule has 0 rings (SSSR count). The van der Waals surface area contributed by atoms with Crippen LogP contribution in [-0.4, -0.2) is 30.1 Å². The number of unbranched alkanes of at least 4 members (excludes halogenated alkanes) is 1. The number of halogens is 1. The van der Waals surface area contributed by atoms with Crippen LogP contribution < -0.4 is 0 Å². The van der Waals surface area contributed by atoms with Crippen molar-refractivity contribution >= 4 is 21.9 Å². The summed E-state index contributed by atoms with van der Waals surface area (Å²) in [5, 5.41) is 1.00. The van der Waals surface area contributed by atoms with Crippen LogP contribution in [-0.2, 0) is 14.3 Å². The van der Waals surface area contributed by atoms with E-state index in [2.05, 4.69) is 15.9 Å². The van der Waals surface area contributed by atoms with Crippen molar-refractivity contribution in [2.75, 3.05) is 18.5 Å². The summed E-state index contributed by atoms with van der Waals surface area (Å²) >= 11 is 3.35. The first-order valence-corrected chi connectivity index (χ1v) is 5.93. The third-order valence-corrected chi connectivity index (χ3v) is 2.10. The molecule has 0 heterocycles. The lowest BCUT2D eigenvalue weighted by Gasteiger charge is -2.24. The summed E-state index contributed by atoms with van der Waals surface area (Å²) in [5.41, 5.74) is -0.514. The second-order valence-electron chi connectivity index (χ2n) is 3.80. The number of rotatable bonds is 7. The van der Waals surface area contributed by atoms with Crippen molar-refractivity contribution in [3.63, 3.8) is 0 Å². The molecule has 0 spiro atoms. The van der Waals surface area contributed by atoms with Crippen LogP contribution in [0, 0.1) is 0 Å². The highest BCUT2D eigenvalue weighted by Gasteiger charge is 2.20. The molecule has 0 unspecified atom stereocenters. The van der Waals surface area contributed by atoms with Gasteiger partial charge in [-0.15, -0.1) is 0 Å². The summed E-state index contributed by atoms with van der Waals surface area (Å²) in [5.74, 6) is -0.265. The number of hydrogen-bond donors (Lipinski definition) is 0. The van der Waals surface area contributed by atoms with Crippen molar-refractivity contribution in [2.24, 2.45) is 0 Å². The molecule has 0 aromatic rings. The average molecular weight is 267 g/mol. The van der Waals surface area contributed by atoms with Gasteiger partial charge in [0.2, 0.25) is 0 Å². The smallest absolute Gasteiger partial charge is 0.303 e. The molecule has 0 atom stereocenters. The highest BCUT2D eigenvalue weighted by atomic mass is 79.9. The molecular formula is C10H19BrO3. The van der Waals surface area contributed by atoms with Crippen LogP contribution >= 0.6 is 15.9 Å². The second kappa shape index (κ2) is 7.23. The summed E-state index contributed by atoms with van der Waals surface area (Å²) in [6, 6.07) is 0. The van der Waals surface area contributed by atoms with E-state index in [-0.39, 0.29) is 5.97 Å². The van der Waals surface area contributed by atoms with Crippen molar-refractivity contribution < 1.29 is 14.3 Å². The van der Waals surface area contributed by atoms with Gasteiger partial charge in [-0.3, -0.25) is 4.79 Å². The molecule has 14 heavy (non-hydrogen) atoms. The molecular weight excluding hydrogens is 248 g/mol. The van der Waals surface area contributed by atoms with E-state index >= 15 is 0 Å². The van der Waals surface area contributed by atoms with Gasteiger partial charge in [0.25, 0.3) is 0 Å². The van der Waals surface area contributed by atoms with E-state index in [1.807, 2.05) is 13.8 Å². The monoisotopic (exact) mass is 266 g/mol. The maximum absolute atomic E-state index is 10.7. The van der Waals surface area contributed by atoms with Crippen molar-refractivity contribution in [2.45, 2.75) is 39.2 Å². The molecule has 0 aliphatic carbocycles. The number of esters is 1. The Balaban J connectivity index is 3.50. The van der Waals surface area contributed by atoms with E-state index in [1.54, 1.807) is 0 Å². The molecule has 0 N–H and O–H groups in total. The lowest BCUT2D eigenvalue weighted by atomic mass is 10.1. The fraction of sp³-hybridized carbons (Fsp3) is 0.900. The SMILES string of the molecule is CC(=O)OC(C)(C)COCCCCBr. The molecule has 0 bridgehead atoms. The number of ether oxygens (including phenoxy) is 2. The van der Waals surface area contributed by atoms with E-state index in [9.17, 15) is 4.79 Å². The van der Waals surface area contributed by atoms with E-state index in [0.717, 1.165) is 24.8 Å². The highest BCUT2D eigenvalue weighted by molar-refractivity contribution is 9.09. The average Bonchev–Trinajstić information content (AvgIpc) is 2.01. The standard InChI is InChI=1S/C10H19BrO3/c1-9(12)14-10(2,3)8-13-7-5-4-6-11/h4-8H2,1-3H3. The zero-order valence-electron chi connectivity index (χ0n) is 9.14. The van der Waals surface area contributed by atoms with E-state index in [1.165, 1.54) is 6.92 Å². The summed E-state index contributed by atoms with van der Waals surface area (Å²) in [6.07, 6.45) is 2.13. The van der Waals surface area contributed by atoms with Crippen molar-refractivity contribution in [3.8, 4) is 0 Å². The fourth-order valence-electron chi connectivity index (χ4n) is 1.04. The first kappa shape index (κ1) is 13.9. The lowest BCUT2D eigenvalue weighted by molar-refractivity contribution is -0.159. The Bertz CT molecular complexity index is 169. The molecule has 0 aliphatic rings. The Kier molecular flexibility index (Phi) is 7.19. The molecule has 0 amide bonds. The van der Waals surface area contributed by atoms with Crippen LogP contribution in [0.25, 0.3) is 0 Å². The Labute approximate surface area is 94.3 Å². The largest absolute Gasteiger partial charge is 0.457 e. The molecule has 4 heteroatoms. The zero-order chi connectivity index (χ0) is 11.0. The third-order valence-electron chi connectivity index (χ3n) is 1.54. The number of carbonyl (C=O) groups excluding carboxylic acids is 1. The topological polar surface area (TPSA) is 35.5 Å². The van der Waals surface area contributed by atoms with Gasteiger partial charge in [0.05, 0.1) is 6.61 Å². The summed E-state index contributed by atoms with van der Waals surface area (Å²) in [7, 11) is 0. The van der Waals surface area contributed by atoms with Gasteiger partial charge in [-0.1, -0.05) is 15.9 Å². The van der Waals surface area contributed by atoms with Crippen LogP contribution in [0.1, 0.15) is 33.6 Å². The van der Waals surface area contributed by atoms with Crippen molar-refractivity contribution in [1.82, 2.24) is 0 Å². The first-order chi connectivity index (χ1) is 6.48. The zero-order valence-corrected chi connectivity index (χ0v) is 10.7. The molecule has 0 aromatic heterocycles.